The number of carbonyl (C=O) groups excluding carboxylic acids is 1. The molecule has 1 fully saturated rings. The number of anilines is 1. The van der Waals surface area contributed by atoms with Crippen LogP contribution in [0.5, 0.6) is 0 Å². The maximum absolute atomic E-state index is 13.2. The third-order valence-corrected chi connectivity index (χ3v) is 2.82. The monoisotopic (exact) mass is 226 g/mol. The number of carbonyl (C=O) groups is 1. The number of hydrogen-bond donors (Lipinski definition) is 1. The Morgan fingerprint density at radius 3 is 2.67 bits per heavy atom. The SMILES string of the molecule is CN1CCN(c2ccc(S)c(F)c2)C1=O. The Morgan fingerprint density at radius 2 is 2.13 bits per heavy atom. The van der Waals surface area contributed by atoms with Gasteiger partial charge in [-0.3, -0.25) is 4.90 Å². The van der Waals surface area contributed by atoms with Crippen LogP contribution < -0.4 is 4.90 Å². The molecule has 3 nitrogen and oxygen atoms in total. The van der Waals surface area contributed by atoms with Gasteiger partial charge in [0.2, 0.25) is 0 Å². The minimum absolute atomic E-state index is 0.0960. The standard InChI is InChI=1S/C10H11FN2OS/c1-12-4-5-13(10(12)14)7-2-3-9(15)8(11)6-7/h2-3,6,15H,4-5H2,1H3. The van der Waals surface area contributed by atoms with E-state index in [-0.39, 0.29) is 6.03 Å². The minimum Gasteiger partial charge on any atom is -0.326 e. The van der Waals surface area contributed by atoms with E-state index < -0.39 is 5.82 Å². The fourth-order valence-electron chi connectivity index (χ4n) is 1.55. The summed E-state index contributed by atoms with van der Waals surface area (Å²) in [6.45, 7) is 1.27. The zero-order chi connectivity index (χ0) is 11.0. The number of likely N-dealkylation sites (N-methyl/N-ethyl adjacent to an activating group) is 1. The number of rotatable bonds is 1. The smallest absolute Gasteiger partial charge is 0.324 e. The highest BCUT2D eigenvalue weighted by molar-refractivity contribution is 7.80. The maximum Gasteiger partial charge on any atom is 0.324 e. The van der Waals surface area contributed by atoms with E-state index in [1.165, 1.54) is 6.07 Å². The summed E-state index contributed by atoms with van der Waals surface area (Å²) in [5.41, 5.74) is 0.583. The summed E-state index contributed by atoms with van der Waals surface area (Å²) in [5, 5.41) is 0. The third kappa shape index (κ3) is 1.79. The Bertz CT molecular complexity index is 410. The Labute approximate surface area is 92.9 Å². The zero-order valence-corrected chi connectivity index (χ0v) is 9.17. The third-order valence-electron chi connectivity index (χ3n) is 2.46. The number of hydrogen-bond acceptors (Lipinski definition) is 2. The van der Waals surface area contributed by atoms with Gasteiger partial charge in [-0.25, -0.2) is 9.18 Å². The quantitative estimate of drug-likeness (QED) is 0.727. The van der Waals surface area contributed by atoms with Gasteiger partial charge in [-0.2, -0.15) is 0 Å². The van der Waals surface area contributed by atoms with Gasteiger partial charge in [0.25, 0.3) is 0 Å². The van der Waals surface area contributed by atoms with Crippen molar-refractivity contribution >= 4 is 24.3 Å². The second-order valence-electron chi connectivity index (χ2n) is 3.49. The molecule has 0 spiro atoms. The van der Waals surface area contributed by atoms with Gasteiger partial charge in [-0.05, 0) is 18.2 Å². The number of nitrogens with zero attached hydrogens (tertiary/aromatic N) is 2. The van der Waals surface area contributed by atoms with Gasteiger partial charge in [-0.15, -0.1) is 12.6 Å². The highest BCUT2D eigenvalue weighted by Gasteiger charge is 2.26. The molecular weight excluding hydrogens is 215 g/mol. The molecule has 0 saturated carbocycles. The molecular formula is C10H11FN2OS. The predicted molar refractivity (Wildman–Crippen MR) is 59.0 cm³/mol. The average molecular weight is 226 g/mol. The second kappa shape index (κ2) is 3.73. The van der Waals surface area contributed by atoms with E-state index in [1.807, 2.05) is 0 Å². The lowest BCUT2D eigenvalue weighted by Gasteiger charge is -2.16. The molecule has 0 atom stereocenters. The van der Waals surface area contributed by atoms with Crippen molar-refractivity contribution in [3.63, 3.8) is 0 Å². The Balaban J connectivity index is 2.31. The van der Waals surface area contributed by atoms with Crippen LogP contribution in [0.25, 0.3) is 0 Å². The summed E-state index contributed by atoms with van der Waals surface area (Å²) in [6.07, 6.45) is 0. The average Bonchev–Trinajstić information content (AvgIpc) is 2.53. The number of benzene rings is 1. The summed E-state index contributed by atoms with van der Waals surface area (Å²) in [5.74, 6) is -0.404. The van der Waals surface area contributed by atoms with Crippen molar-refractivity contribution in [3.8, 4) is 0 Å². The first-order valence-electron chi connectivity index (χ1n) is 4.61. The first-order chi connectivity index (χ1) is 7.09. The molecule has 1 aromatic rings. The van der Waals surface area contributed by atoms with Crippen LogP contribution in [0.4, 0.5) is 14.9 Å². The molecule has 1 aliphatic heterocycles. The molecule has 2 rings (SSSR count). The van der Waals surface area contributed by atoms with Crippen LogP contribution in [0.1, 0.15) is 0 Å². The molecule has 15 heavy (non-hydrogen) atoms. The topological polar surface area (TPSA) is 23.6 Å². The van der Waals surface area contributed by atoms with Gasteiger partial charge in [0, 0.05) is 30.7 Å². The van der Waals surface area contributed by atoms with Crippen molar-refractivity contribution in [2.24, 2.45) is 0 Å². The first-order valence-corrected chi connectivity index (χ1v) is 5.05. The Kier molecular flexibility index (Phi) is 2.56. The highest BCUT2D eigenvalue weighted by Crippen LogP contribution is 2.23. The molecule has 1 aromatic carbocycles. The van der Waals surface area contributed by atoms with E-state index in [1.54, 1.807) is 29.0 Å². The lowest BCUT2D eigenvalue weighted by atomic mass is 10.3. The summed E-state index contributed by atoms with van der Waals surface area (Å²) in [6, 6.07) is 4.49. The van der Waals surface area contributed by atoms with Crippen molar-refractivity contribution < 1.29 is 9.18 Å². The second-order valence-corrected chi connectivity index (χ2v) is 3.97. The highest BCUT2D eigenvalue weighted by atomic mass is 32.1. The van der Waals surface area contributed by atoms with Crippen LogP contribution in [0.15, 0.2) is 23.1 Å². The molecule has 1 saturated heterocycles. The summed E-state index contributed by atoms with van der Waals surface area (Å²) < 4.78 is 13.2. The van der Waals surface area contributed by atoms with E-state index in [2.05, 4.69) is 12.6 Å². The Morgan fingerprint density at radius 1 is 1.40 bits per heavy atom. The summed E-state index contributed by atoms with van der Waals surface area (Å²) >= 11 is 3.94. The molecule has 0 radical (unpaired) electrons. The Hall–Kier alpha value is -1.23. The fraction of sp³-hybridized carbons (Fsp3) is 0.300. The van der Waals surface area contributed by atoms with Crippen molar-refractivity contribution in [3.05, 3.63) is 24.0 Å². The number of thiol groups is 1. The fourth-order valence-corrected chi connectivity index (χ4v) is 1.69. The summed E-state index contributed by atoms with van der Waals surface area (Å²) in [4.78, 5) is 15.1. The van der Waals surface area contributed by atoms with Crippen LogP contribution in [-0.4, -0.2) is 31.1 Å². The van der Waals surface area contributed by atoms with Crippen LogP contribution >= 0.6 is 12.6 Å². The molecule has 0 N–H and O–H groups in total. The van der Waals surface area contributed by atoms with Gasteiger partial charge >= 0.3 is 6.03 Å². The van der Waals surface area contributed by atoms with E-state index in [0.717, 1.165) is 0 Å². The zero-order valence-electron chi connectivity index (χ0n) is 8.27. The largest absolute Gasteiger partial charge is 0.326 e. The minimum atomic E-state index is -0.404. The first kappa shape index (κ1) is 10.3. The molecule has 0 aromatic heterocycles. The van der Waals surface area contributed by atoms with Gasteiger partial charge in [-0.1, -0.05) is 0 Å². The van der Waals surface area contributed by atoms with Crippen LogP contribution in [0.3, 0.4) is 0 Å². The normalized spacial score (nSPS) is 16.3. The molecule has 0 aliphatic carbocycles. The van der Waals surface area contributed by atoms with Crippen LogP contribution in [-0.2, 0) is 0 Å². The van der Waals surface area contributed by atoms with Crippen LogP contribution in [0.2, 0.25) is 0 Å². The van der Waals surface area contributed by atoms with Crippen LogP contribution in [0, 0.1) is 5.82 Å². The van der Waals surface area contributed by atoms with Gasteiger partial charge in [0.15, 0.2) is 0 Å². The maximum atomic E-state index is 13.2. The van der Waals surface area contributed by atoms with Crippen molar-refractivity contribution in [2.45, 2.75) is 4.90 Å². The van der Waals surface area contributed by atoms with Gasteiger partial charge in [0.1, 0.15) is 5.82 Å². The molecule has 5 heteroatoms. The van der Waals surface area contributed by atoms with Crippen molar-refractivity contribution in [1.82, 2.24) is 4.90 Å². The van der Waals surface area contributed by atoms with E-state index in [9.17, 15) is 9.18 Å². The van der Waals surface area contributed by atoms with Crippen molar-refractivity contribution in [1.29, 1.82) is 0 Å². The summed E-state index contributed by atoms with van der Waals surface area (Å²) in [7, 11) is 1.73. The molecule has 0 unspecified atom stereocenters. The molecule has 0 bridgehead atoms. The molecule has 80 valence electrons. The van der Waals surface area contributed by atoms with E-state index >= 15 is 0 Å². The number of amides is 2. The van der Waals surface area contributed by atoms with E-state index in [0.29, 0.717) is 23.7 Å². The predicted octanol–water partition coefficient (Wildman–Crippen LogP) is 1.99. The van der Waals surface area contributed by atoms with E-state index in [4.69, 9.17) is 0 Å². The number of urea groups is 1. The lowest BCUT2D eigenvalue weighted by Crippen LogP contribution is -2.29. The number of halogens is 1. The molecule has 1 heterocycles. The van der Waals surface area contributed by atoms with Gasteiger partial charge < -0.3 is 4.90 Å². The van der Waals surface area contributed by atoms with Gasteiger partial charge in [0.05, 0.1) is 0 Å². The molecule has 1 aliphatic rings. The lowest BCUT2D eigenvalue weighted by molar-refractivity contribution is 0.229. The molecule has 2 amide bonds. The van der Waals surface area contributed by atoms with Crippen molar-refractivity contribution in [2.75, 3.05) is 25.0 Å².